The number of hydrogen-bond acceptors (Lipinski definition) is 7. The van der Waals surface area contributed by atoms with Gasteiger partial charge in [-0.05, 0) is 37.8 Å². The molecule has 5 heterocycles. The topological polar surface area (TPSA) is 102 Å². The Hall–Kier alpha value is -3.82. The second-order valence-corrected chi connectivity index (χ2v) is 9.22. The number of aryl methyl sites for hydroxylation is 2. The van der Waals surface area contributed by atoms with Crippen molar-refractivity contribution >= 4 is 28.8 Å². The lowest BCUT2D eigenvalue weighted by molar-refractivity contribution is -0.120. The fourth-order valence-electron chi connectivity index (χ4n) is 5.08. The maximum atomic E-state index is 13.5. The first-order valence-electron chi connectivity index (χ1n) is 12.1. The van der Waals surface area contributed by atoms with E-state index in [0.717, 1.165) is 68.0 Å². The number of benzene rings is 1. The van der Waals surface area contributed by atoms with E-state index in [1.807, 2.05) is 0 Å². The smallest absolute Gasteiger partial charge is 0.231 e. The van der Waals surface area contributed by atoms with Crippen LogP contribution in [0.25, 0.3) is 22.4 Å². The molecule has 0 saturated carbocycles. The summed E-state index contributed by atoms with van der Waals surface area (Å²) in [7, 11) is 0. The Labute approximate surface area is 201 Å². The Morgan fingerprint density at radius 1 is 1.11 bits per heavy atom. The van der Waals surface area contributed by atoms with Crippen LogP contribution in [0.2, 0.25) is 0 Å². The number of aromatic nitrogens is 5. The maximum Gasteiger partial charge on any atom is 0.231 e. The van der Waals surface area contributed by atoms with Crippen molar-refractivity contribution in [3.8, 4) is 11.3 Å². The normalized spacial score (nSPS) is 18.3. The first-order valence-corrected chi connectivity index (χ1v) is 12.1. The van der Waals surface area contributed by atoms with Crippen molar-refractivity contribution in [3.05, 3.63) is 48.3 Å². The lowest BCUT2D eigenvalue weighted by Crippen LogP contribution is -2.41. The lowest BCUT2D eigenvalue weighted by Gasteiger charge is -2.32. The van der Waals surface area contributed by atoms with E-state index in [1.165, 1.54) is 18.6 Å². The van der Waals surface area contributed by atoms with E-state index >= 15 is 0 Å². The van der Waals surface area contributed by atoms with Gasteiger partial charge in [0.2, 0.25) is 11.8 Å². The summed E-state index contributed by atoms with van der Waals surface area (Å²) < 4.78 is 21.0. The molecule has 2 aliphatic rings. The molecule has 2 aliphatic heterocycles. The van der Waals surface area contributed by atoms with Gasteiger partial charge in [-0.1, -0.05) is 23.7 Å². The maximum absolute atomic E-state index is 13.5. The van der Waals surface area contributed by atoms with Gasteiger partial charge in [0.25, 0.3) is 0 Å². The quantitative estimate of drug-likeness (QED) is 0.472. The van der Waals surface area contributed by atoms with Crippen molar-refractivity contribution in [2.75, 3.05) is 23.3 Å². The average Bonchev–Trinajstić information content (AvgIpc) is 3.41. The van der Waals surface area contributed by atoms with Crippen molar-refractivity contribution < 1.29 is 13.7 Å². The summed E-state index contributed by atoms with van der Waals surface area (Å²) >= 11 is 0. The highest BCUT2D eigenvalue weighted by Gasteiger charge is 2.29. The molecule has 10 heteroatoms. The van der Waals surface area contributed by atoms with Crippen molar-refractivity contribution in [2.45, 2.75) is 45.1 Å². The van der Waals surface area contributed by atoms with Crippen LogP contribution in [0.15, 0.2) is 41.2 Å². The summed E-state index contributed by atoms with van der Waals surface area (Å²) in [4.78, 5) is 29.2. The molecule has 180 valence electrons. The number of fused-ring (bicyclic) bond motifs is 3. The fraction of sp³-hybridized carbons (Fsp3) is 0.400. The van der Waals surface area contributed by atoms with Gasteiger partial charge in [0.05, 0.1) is 5.92 Å². The van der Waals surface area contributed by atoms with Crippen LogP contribution >= 0.6 is 0 Å². The minimum atomic E-state index is -0.355. The minimum absolute atomic E-state index is 0.137. The molecule has 1 aromatic carbocycles. The van der Waals surface area contributed by atoms with Crippen LogP contribution in [0.4, 0.5) is 16.1 Å². The van der Waals surface area contributed by atoms with Crippen LogP contribution in [0.3, 0.4) is 0 Å². The number of nitrogens with one attached hydrogen (secondary N) is 1. The largest absolute Gasteiger partial charge is 0.354 e. The van der Waals surface area contributed by atoms with Gasteiger partial charge in [-0.2, -0.15) is 0 Å². The summed E-state index contributed by atoms with van der Waals surface area (Å²) in [5.74, 6) is 1.38. The van der Waals surface area contributed by atoms with Gasteiger partial charge >= 0.3 is 0 Å². The summed E-state index contributed by atoms with van der Waals surface area (Å²) in [5, 5.41) is 6.80. The highest BCUT2D eigenvalue weighted by Crippen LogP contribution is 2.30. The Morgan fingerprint density at radius 3 is 2.97 bits per heavy atom. The second-order valence-electron chi connectivity index (χ2n) is 9.22. The minimum Gasteiger partial charge on any atom is -0.354 e. The first-order chi connectivity index (χ1) is 17.2. The number of carbonyl (C=O) groups excluding carboxylic acids is 1. The molecule has 0 aliphatic carbocycles. The van der Waals surface area contributed by atoms with Gasteiger partial charge in [-0.15, -0.1) is 0 Å². The molecular formula is C25H26FN7O2. The summed E-state index contributed by atoms with van der Waals surface area (Å²) in [6.07, 6.45) is 7.66. The third-order valence-corrected chi connectivity index (χ3v) is 6.84. The van der Waals surface area contributed by atoms with Crippen molar-refractivity contribution in [2.24, 2.45) is 5.92 Å². The number of halogens is 1. The third kappa shape index (κ3) is 4.24. The molecule has 1 saturated heterocycles. The van der Waals surface area contributed by atoms with Crippen molar-refractivity contribution in [1.82, 2.24) is 24.7 Å². The number of amides is 1. The lowest BCUT2D eigenvalue weighted by atomic mass is 9.97. The molecule has 1 amide bonds. The summed E-state index contributed by atoms with van der Waals surface area (Å²) in [5.41, 5.74) is 2.75. The van der Waals surface area contributed by atoms with Gasteiger partial charge in [0.1, 0.15) is 23.7 Å². The van der Waals surface area contributed by atoms with E-state index in [1.54, 1.807) is 24.5 Å². The van der Waals surface area contributed by atoms with Crippen LogP contribution in [0, 0.1) is 11.7 Å². The number of rotatable bonds is 4. The molecular weight excluding hydrogens is 449 g/mol. The van der Waals surface area contributed by atoms with E-state index in [4.69, 9.17) is 9.51 Å². The SMILES string of the molecule is O=C(Nc1cc(-c2cccc(F)c2)no1)[C@H]1CCCN(c2ncnc3c2nc2n3CCCCC2)C1. The zero-order chi connectivity index (χ0) is 23.8. The summed E-state index contributed by atoms with van der Waals surface area (Å²) in [6, 6.07) is 7.70. The van der Waals surface area contributed by atoms with E-state index in [2.05, 4.69) is 29.9 Å². The highest BCUT2D eigenvalue weighted by atomic mass is 19.1. The van der Waals surface area contributed by atoms with E-state index < -0.39 is 0 Å². The monoisotopic (exact) mass is 475 g/mol. The van der Waals surface area contributed by atoms with Gasteiger partial charge < -0.3 is 14.0 Å². The zero-order valence-corrected chi connectivity index (χ0v) is 19.3. The molecule has 1 N–H and O–H groups in total. The van der Waals surface area contributed by atoms with E-state index in [-0.39, 0.29) is 23.5 Å². The molecule has 0 unspecified atom stereocenters. The number of anilines is 2. The van der Waals surface area contributed by atoms with Gasteiger partial charge in [0.15, 0.2) is 17.0 Å². The standard InChI is InChI=1S/C25H26FN7O2/c26-18-8-4-6-16(12-18)19-13-21(35-31-19)30-25(34)17-7-5-10-32(14-17)23-22-24(28-15-27-23)33-11-3-1-2-9-20(33)29-22/h4,6,8,12-13,15,17H,1-3,5,7,9-11,14H2,(H,30,34)/t17-/m0/s1. The Kier molecular flexibility index (Phi) is 5.63. The molecule has 1 atom stereocenters. The van der Waals surface area contributed by atoms with E-state index in [9.17, 15) is 9.18 Å². The number of imidazole rings is 1. The molecule has 35 heavy (non-hydrogen) atoms. The number of piperidine rings is 1. The first kappa shape index (κ1) is 21.7. The summed E-state index contributed by atoms with van der Waals surface area (Å²) in [6.45, 7) is 2.28. The molecule has 0 bridgehead atoms. The van der Waals surface area contributed by atoms with Crippen molar-refractivity contribution in [3.63, 3.8) is 0 Å². The fourth-order valence-corrected chi connectivity index (χ4v) is 5.08. The number of hydrogen-bond donors (Lipinski definition) is 1. The Balaban J connectivity index is 1.19. The van der Waals surface area contributed by atoms with Crippen LogP contribution in [0.1, 0.15) is 37.9 Å². The zero-order valence-electron chi connectivity index (χ0n) is 19.3. The highest BCUT2D eigenvalue weighted by molar-refractivity contribution is 5.92. The molecule has 1 fully saturated rings. The predicted molar refractivity (Wildman–Crippen MR) is 128 cm³/mol. The average molecular weight is 476 g/mol. The third-order valence-electron chi connectivity index (χ3n) is 6.84. The molecule has 6 rings (SSSR count). The van der Waals surface area contributed by atoms with Crippen LogP contribution in [-0.2, 0) is 17.8 Å². The van der Waals surface area contributed by atoms with Crippen molar-refractivity contribution in [1.29, 1.82) is 0 Å². The van der Waals surface area contributed by atoms with Gasteiger partial charge in [-0.3, -0.25) is 10.1 Å². The predicted octanol–water partition coefficient (Wildman–Crippen LogP) is 4.20. The molecule has 0 radical (unpaired) electrons. The molecule has 9 nitrogen and oxygen atoms in total. The molecule has 4 aromatic rings. The molecule has 0 spiro atoms. The van der Waals surface area contributed by atoms with Crippen LogP contribution < -0.4 is 10.2 Å². The Bertz CT molecular complexity index is 1380. The van der Waals surface area contributed by atoms with E-state index in [0.29, 0.717) is 17.8 Å². The van der Waals surface area contributed by atoms with Crippen LogP contribution in [-0.4, -0.2) is 43.7 Å². The Morgan fingerprint density at radius 2 is 2.06 bits per heavy atom. The number of carbonyl (C=O) groups is 1. The van der Waals surface area contributed by atoms with Crippen LogP contribution in [0.5, 0.6) is 0 Å². The molecule has 3 aromatic heterocycles. The number of nitrogens with zero attached hydrogens (tertiary/aromatic N) is 6. The second kappa shape index (κ2) is 9.09. The van der Waals surface area contributed by atoms with Gasteiger partial charge in [-0.25, -0.2) is 19.3 Å². The van der Waals surface area contributed by atoms with Gasteiger partial charge in [0, 0.05) is 37.7 Å².